The summed E-state index contributed by atoms with van der Waals surface area (Å²) in [6, 6.07) is 0.481. The number of nitrogens with one attached hydrogen (secondary N) is 1. The Morgan fingerprint density at radius 1 is 0.846 bits per heavy atom. The average Bonchev–Trinajstić information content (AvgIpc) is 2.60. The van der Waals surface area contributed by atoms with Gasteiger partial charge in [-0.1, -0.05) is 84.5 Å². The predicted octanol–water partition coefficient (Wildman–Crippen LogP) is 6.31. The van der Waals surface area contributed by atoms with Gasteiger partial charge in [-0.2, -0.15) is 0 Å². The van der Waals surface area contributed by atoms with E-state index in [0.29, 0.717) is 6.04 Å². The second kappa shape index (κ2) is 19.2. The number of piperidine rings is 1. The van der Waals surface area contributed by atoms with Gasteiger partial charge in [0.2, 0.25) is 5.91 Å². The average molecular weight is 369 g/mol. The van der Waals surface area contributed by atoms with Crippen molar-refractivity contribution in [1.29, 1.82) is 0 Å². The Bertz CT molecular complexity index is 305. The van der Waals surface area contributed by atoms with Gasteiger partial charge in [0.15, 0.2) is 0 Å². The topological polar surface area (TPSA) is 32.3 Å². The smallest absolute Gasteiger partial charge is 0.220 e. The lowest BCUT2D eigenvalue weighted by molar-refractivity contribution is -0.123. The minimum atomic E-state index is 0.268. The lowest BCUT2D eigenvalue weighted by Gasteiger charge is -2.23. The Kier molecular flexibility index (Phi) is 18.8. The number of amides is 1. The third kappa shape index (κ3) is 18.2. The summed E-state index contributed by atoms with van der Waals surface area (Å²) in [7, 11) is 4.17. The Morgan fingerprint density at radius 3 is 1.81 bits per heavy atom. The molecule has 1 atom stereocenters. The fourth-order valence-electron chi connectivity index (χ4n) is 3.60. The molecule has 1 aliphatic rings. The summed E-state index contributed by atoms with van der Waals surface area (Å²) in [6.45, 7) is 5.67. The maximum atomic E-state index is 11.3. The van der Waals surface area contributed by atoms with Crippen LogP contribution in [-0.2, 0) is 4.79 Å². The highest BCUT2D eigenvalue weighted by molar-refractivity contribution is 5.76. The normalized spacial score (nSPS) is 17.0. The summed E-state index contributed by atoms with van der Waals surface area (Å²) in [5.74, 6) is 0.268. The van der Waals surface area contributed by atoms with Crippen LogP contribution in [-0.4, -0.2) is 37.5 Å². The molecule has 0 saturated carbocycles. The minimum Gasteiger partial charge on any atom is -0.353 e. The van der Waals surface area contributed by atoms with Crippen LogP contribution in [0.15, 0.2) is 0 Å². The molecular weight excluding hydrogens is 320 g/mol. The molecule has 0 radical (unpaired) electrons. The van der Waals surface area contributed by atoms with Gasteiger partial charge in [0.05, 0.1) is 0 Å². The van der Waals surface area contributed by atoms with E-state index in [-0.39, 0.29) is 5.91 Å². The van der Waals surface area contributed by atoms with Crippen LogP contribution < -0.4 is 5.32 Å². The molecule has 1 heterocycles. The van der Waals surface area contributed by atoms with Crippen LogP contribution in [0.4, 0.5) is 0 Å². The van der Waals surface area contributed by atoms with Crippen molar-refractivity contribution in [3.05, 3.63) is 0 Å². The van der Waals surface area contributed by atoms with Gasteiger partial charge in [-0.3, -0.25) is 4.79 Å². The molecule has 1 amide bonds. The molecule has 0 aliphatic carbocycles. The molecule has 3 heteroatoms. The molecule has 0 bridgehead atoms. The van der Waals surface area contributed by atoms with Gasteiger partial charge in [-0.15, -0.1) is 0 Å². The molecule has 3 nitrogen and oxygen atoms in total. The van der Waals surface area contributed by atoms with Crippen LogP contribution in [0.25, 0.3) is 0 Å². The Morgan fingerprint density at radius 2 is 1.38 bits per heavy atom. The summed E-state index contributed by atoms with van der Waals surface area (Å²) < 4.78 is 0. The van der Waals surface area contributed by atoms with Crippen molar-refractivity contribution in [2.75, 3.05) is 20.6 Å². The van der Waals surface area contributed by atoms with Gasteiger partial charge < -0.3 is 10.2 Å². The quantitative estimate of drug-likeness (QED) is 0.364. The number of hydrogen-bond acceptors (Lipinski definition) is 2. The van der Waals surface area contributed by atoms with E-state index in [0.717, 1.165) is 12.8 Å². The SMILES string of the molecule is CCCCCCCCCCCCCC1CCCC(=O)N1.CCCN(C)C. The first-order chi connectivity index (χ1) is 12.6. The largest absolute Gasteiger partial charge is 0.353 e. The van der Waals surface area contributed by atoms with Crippen LogP contribution in [0.5, 0.6) is 0 Å². The number of carbonyl (C=O) groups is 1. The fraction of sp³-hybridized carbons (Fsp3) is 0.957. The van der Waals surface area contributed by atoms with Crippen LogP contribution in [0, 0.1) is 0 Å². The first kappa shape index (κ1) is 25.4. The molecule has 0 spiro atoms. The fourth-order valence-corrected chi connectivity index (χ4v) is 3.60. The number of hydrogen-bond donors (Lipinski definition) is 1. The monoisotopic (exact) mass is 368 g/mol. The first-order valence-electron chi connectivity index (χ1n) is 11.5. The second-order valence-corrected chi connectivity index (χ2v) is 8.28. The van der Waals surface area contributed by atoms with E-state index in [4.69, 9.17) is 0 Å². The summed E-state index contributed by atoms with van der Waals surface area (Å²) in [5.41, 5.74) is 0. The van der Waals surface area contributed by atoms with E-state index < -0.39 is 0 Å². The van der Waals surface area contributed by atoms with Crippen molar-refractivity contribution in [2.24, 2.45) is 0 Å². The van der Waals surface area contributed by atoms with Crippen molar-refractivity contribution in [3.63, 3.8) is 0 Å². The van der Waals surface area contributed by atoms with Crippen LogP contribution >= 0.6 is 0 Å². The maximum absolute atomic E-state index is 11.3. The zero-order chi connectivity index (χ0) is 19.5. The zero-order valence-corrected chi connectivity index (χ0v) is 18.5. The molecule has 1 aliphatic heterocycles. The van der Waals surface area contributed by atoms with E-state index in [1.807, 2.05) is 0 Å². The van der Waals surface area contributed by atoms with Gasteiger partial charge in [-0.05, 0) is 46.3 Å². The van der Waals surface area contributed by atoms with E-state index in [1.165, 1.54) is 96.4 Å². The standard InChI is InChI=1S/C18H35NO.C5H13N/c1-2-3-4-5-6-7-8-9-10-11-12-14-17-15-13-16-18(20)19-17;1-4-5-6(2)3/h17H,2-16H2,1H3,(H,19,20);4-5H2,1-3H3. The molecule has 1 N–H and O–H groups in total. The second-order valence-electron chi connectivity index (χ2n) is 8.28. The highest BCUT2D eigenvalue weighted by atomic mass is 16.1. The molecule has 1 fully saturated rings. The van der Waals surface area contributed by atoms with Gasteiger partial charge in [0, 0.05) is 12.5 Å². The Labute approximate surface area is 164 Å². The number of nitrogens with zero attached hydrogens (tertiary/aromatic N) is 1. The number of carbonyl (C=O) groups excluding carboxylic acids is 1. The summed E-state index contributed by atoms with van der Waals surface area (Å²) in [5, 5.41) is 3.11. The number of unbranched alkanes of at least 4 members (excludes halogenated alkanes) is 10. The van der Waals surface area contributed by atoms with Crippen LogP contribution in [0.1, 0.15) is 117 Å². The van der Waals surface area contributed by atoms with Crippen molar-refractivity contribution in [1.82, 2.24) is 10.2 Å². The molecule has 26 heavy (non-hydrogen) atoms. The van der Waals surface area contributed by atoms with E-state index in [2.05, 4.69) is 38.2 Å². The maximum Gasteiger partial charge on any atom is 0.220 e. The van der Waals surface area contributed by atoms with E-state index in [9.17, 15) is 4.79 Å². The summed E-state index contributed by atoms with van der Waals surface area (Å²) in [6.07, 6.45) is 20.9. The first-order valence-corrected chi connectivity index (χ1v) is 11.5. The third-order valence-electron chi connectivity index (χ3n) is 5.15. The third-order valence-corrected chi connectivity index (χ3v) is 5.15. The molecule has 156 valence electrons. The Hall–Kier alpha value is -0.570. The lowest BCUT2D eigenvalue weighted by atomic mass is 9.98. The molecule has 0 aromatic heterocycles. The molecule has 0 aromatic rings. The summed E-state index contributed by atoms with van der Waals surface area (Å²) >= 11 is 0. The molecule has 1 saturated heterocycles. The van der Waals surface area contributed by atoms with Gasteiger partial charge >= 0.3 is 0 Å². The predicted molar refractivity (Wildman–Crippen MR) is 116 cm³/mol. The van der Waals surface area contributed by atoms with E-state index >= 15 is 0 Å². The Balaban J connectivity index is 0.000000896. The highest BCUT2D eigenvalue weighted by Gasteiger charge is 2.16. The number of rotatable bonds is 14. The zero-order valence-electron chi connectivity index (χ0n) is 18.5. The molecule has 1 unspecified atom stereocenters. The van der Waals surface area contributed by atoms with Crippen LogP contribution in [0.3, 0.4) is 0 Å². The van der Waals surface area contributed by atoms with Crippen LogP contribution in [0.2, 0.25) is 0 Å². The molecule has 0 aromatic carbocycles. The molecule has 1 rings (SSSR count). The van der Waals surface area contributed by atoms with Gasteiger partial charge in [-0.25, -0.2) is 0 Å². The van der Waals surface area contributed by atoms with Gasteiger partial charge in [0.25, 0.3) is 0 Å². The summed E-state index contributed by atoms with van der Waals surface area (Å²) in [4.78, 5) is 13.4. The van der Waals surface area contributed by atoms with E-state index in [1.54, 1.807) is 0 Å². The van der Waals surface area contributed by atoms with Crippen molar-refractivity contribution in [3.8, 4) is 0 Å². The lowest BCUT2D eigenvalue weighted by Crippen LogP contribution is -2.38. The van der Waals surface area contributed by atoms with Gasteiger partial charge in [0.1, 0.15) is 0 Å². The minimum absolute atomic E-state index is 0.268. The van der Waals surface area contributed by atoms with Crippen molar-refractivity contribution in [2.45, 2.75) is 123 Å². The van der Waals surface area contributed by atoms with Crippen molar-refractivity contribution >= 4 is 5.91 Å². The highest BCUT2D eigenvalue weighted by Crippen LogP contribution is 2.16. The molecular formula is C23H48N2O. The van der Waals surface area contributed by atoms with Crippen molar-refractivity contribution < 1.29 is 4.79 Å².